The first-order valence-corrected chi connectivity index (χ1v) is 9.63. The van der Waals surface area contributed by atoms with Gasteiger partial charge in [0.05, 0.1) is 5.69 Å². The highest BCUT2D eigenvalue weighted by Gasteiger charge is 2.13. The zero-order valence-corrected chi connectivity index (χ0v) is 16.2. The van der Waals surface area contributed by atoms with Crippen LogP contribution >= 0.6 is 34.4 Å². The second-order valence-electron chi connectivity index (χ2n) is 5.46. The van der Waals surface area contributed by atoms with E-state index < -0.39 is 0 Å². The van der Waals surface area contributed by atoms with Gasteiger partial charge in [-0.05, 0) is 40.6 Å². The smallest absolute Gasteiger partial charge is 0.265 e. The third-order valence-corrected chi connectivity index (χ3v) is 5.84. The van der Waals surface area contributed by atoms with Crippen molar-refractivity contribution in [3.8, 4) is 0 Å². The SMILES string of the molecule is CC(Sc1nc(Cc2ccccc2)c(I)c(=O)[nH]1)c1ccccc1. The number of aromatic amines is 1. The lowest BCUT2D eigenvalue weighted by atomic mass is 10.1. The van der Waals surface area contributed by atoms with E-state index in [1.54, 1.807) is 11.8 Å². The Balaban J connectivity index is 1.86. The molecule has 0 aliphatic carbocycles. The van der Waals surface area contributed by atoms with Crippen molar-refractivity contribution in [2.45, 2.75) is 23.8 Å². The third kappa shape index (κ3) is 4.27. The summed E-state index contributed by atoms with van der Waals surface area (Å²) >= 11 is 3.65. The number of rotatable bonds is 5. The van der Waals surface area contributed by atoms with Gasteiger partial charge in [-0.2, -0.15) is 0 Å². The van der Waals surface area contributed by atoms with Crippen LogP contribution in [0, 0.1) is 3.57 Å². The molecule has 24 heavy (non-hydrogen) atoms. The van der Waals surface area contributed by atoms with Gasteiger partial charge in [0.15, 0.2) is 5.16 Å². The minimum atomic E-state index is -0.0701. The zero-order valence-electron chi connectivity index (χ0n) is 13.2. The molecule has 0 aliphatic heterocycles. The van der Waals surface area contributed by atoms with Crippen molar-refractivity contribution in [2.75, 3.05) is 0 Å². The Morgan fingerprint density at radius 3 is 2.38 bits per heavy atom. The van der Waals surface area contributed by atoms with E-state index in [1.165, 1.54) is 5.56 Å². The molecule has 0 radical (unpaired) electrons. The molecule has 3 aromatic rings. The van der Waals surface area contributed by atoms with E-state index in [0.717, 1.165) is 11.3 Å². The van der Waals surface area contributed by atoms with Crippen molar-refractivity contribution in [2.24, 2.45) is 0 Å². The standard InChI is InChI=1S/C19H17IN2OS/c1-13(15-10-6-3-7-11-15)24-19-21-16(17(20)18(23)22-19)12-14-8-4-2-5-9-14/h2-11,13H,12H2,1H3,(H,21,22,23). The van der Waals surface area contributed by atoms with E-state index in [9.17, 15) is 4.79 Å². The highest BCUT2D eigenvalue weighted by molar-refractivity contribution is 14.1. The molecule has 122 valence electrons. The normalized spacial score (nSPS) is 12.1. The lowest BCUT2D eigenvalue weighted by Gasteiger charge is -2.12. The van der Waals surface area contributed by atoms with Gasteiger partial charge in [-0.15, -0.1) is 0 Å². The maximum absolute atomic E-state index is 12.3. The van der Waals surface area contributed by atoms with Crippen LogP contribution in [0.3, 0.4) is 0 Å². The molecule has 1 atom stereocenters. The zero-order chi connectivity index (χ0) is 16.9. The summed E-state index contributed by atoms with van der Waals surface area (Å²) in [7, 11) is 0. The number of nitrogens with one attached hydrogen (secondary N) is 1. The third-order valence-electron chi connectivity index (χ3n) is 3.68. The molecule has 0 bridgehead atoms. The van der Waals surface area contributed by atoms with Gasteiger partial charge in [-0.25, -0.2) is 4.98 Å². The van der Waals surface area contributed by atoms with E-state index in [4.69, 9.17) is 4.98 Å². The van der Waals surface area contributed by atoms with E-state index in [2.05, 4.69) is 58.8 Å². The Labute approximate surface area is 159 Å². The fourth-order valence-corrected chi connectivity index (χ4v) is 3.79. The van der Waals surface area contributed by atoms with Crippen LogP contribution in [0.2, 0.25) is 0 Å². The molecule has 1 heterocycles. The van der Waals surface area contributed by atoms with E-state index >= 15 is 0 Å². The molecular weight excluding hydrogens is 431 g/mol. The summed E-state index contributed by atoms with van der Waals surface area (Å²) in [6, 6.07) is 20.3. The Hall–Kier alpha value is -1.60. The molecule has 1 aromatic heterocycles. The van der Waals surface area contributed by atoms with Crippen LogP contribution in [0.25, 0.3) is 0 Å². The van der Waals surface area contributed by atoms with Crippen LogP contribution in [-0.2, 0) is 6.42 Å². The average Bonchev–Trinajstić information content (AvgIpc) is 2.61. The topological polar surface area (TPSA) is 45.8 Å². The monoisotopic (exact) mass is 448 g/mol. The second-order valence-corrected chi connectivity index (χ2v) is 7.87. The van der Waals surface area contributed by atoms with Crippen LogP contribution in [0.15, 0.2) is 70.6 Å². The minimum absolute atomic E-state index is 0.0701. The predicted octanol–water partition coefficient (Wildman–Crippen LogP) is 4.82. The van der Waals surface area contributed by atoms with E-state index in [0.29, 0.717) is 15.1 Å². The highest BCUT2D eigenvalue weighted by Crippen LogP contribution is 2.32. The lowest BCUT2D eigenvalue weighted by Crippen LogP contribution is -2.16. The lowest BCUT2D eigenvalue weighted by molar-refractivity contribution is 0.860. The number of halogens is 1. The maximum Gasteiger partial charge on any atom is 0.265 e. The van der Waals surface area contributed by atoms with Gasteiger partial charge in [-0.3, -0.25) is 4.79 Å². The van der Waals surface area contributed by atoms with Crippen LogP contribution in [0.1, 0.15) is 29.0 Å². The molecule has 3 rings (SSSR count). The summed E-state index contributed by atoms with van der Waals surface area (Å²) in [4.78, 5) is 19.8. The van der Waals surface area contributed by atoms with Crippen LogP contribution in [0.4, 0.5) is 0 Å². The Morgan fingerprint density at radius 1 is 1.08 bits per heavy atom. The summed E-state index contributed by atoms with van der Waals surface area (Å²) in [6.45, 7) is 2.12. The molecule has 0 aliphatic rings. The van der Waals surface area contributed by atoms with Gasteiger partial charge in [0.1, 0.15) is 3.57 Å². The minimum Gasteiger partial charge on any atom is -0.301 e. The van der Waals surface area contributed by atoms with Crippen LogP contribution < -0.4 is 5.56 Å². The number of hydrogen-bond donors (Lipinski definition) is 1. The van der Waals surface area contributed by atoms with Crippen LogP contribution in [-0.4, -0.2) is 9.97 Å². The van der Waals surface area contributed by atoms with Crippen molar-refractivity contribution in [3.05, 3.63) is 91.4 Å². The number of thioether (sulfide) groups is 1. The molecule has 0 saturated carbocycles. The van der Waals surface area contributed by atoms with Crippen LogP contribution in [0.5, 0.6) is 0 Å². The molecule has 5 heteroatoms. The second kappa shape index (κ2) is 7.98. The van der Waals surface area contributed by atoms with Gasteiger partial charge in [0.25, 0.3) is 5.56 Å². The molecular formula is C19H17IN2OS. The Morgan fingerprint density at radius 2 is 1.71 bits per heavy atom. The first-order valence-electron chi connectivity index (χ1n) is 7.67. The quantitative estimate of drug-likeness (QED) is 0.346. The van der Waals surface area contributed by atoms with Crippen molar-refractivity contribution < 1.29 is 0 Å². The molecule has 1 N–H and O–H groups in total. The average molecular weight is 448 g/mol. The number of H-pyrrole nitrogens is 1. The number of hydrogen-bond acceptors (Lipinski definition) is 3. The van der Waals surface area contributed by atoms with E-state index in [1.807, 2.05) is 36.4 Å². The Kier molecular flexibility index (Phi) is 5.73. The van der Waals surface area contributed by atoms with Crippen molar-refractivity contribution in [1.82, 2.24) is 9.97 Å². The summed E-state index contributed by atoms with van der Waals surface area (Å²) in [5.41, 5.74) is 3.13. The molecule has 0 fully saturated rings. The largest absolute Gasteiger partial charge is 0.301 e. The number of benzene rings is 2. The number of nitrogens with zero attached hydrogens (tertiary/aromatic N) is 1. The molecule has 2 aromatic carbocycles. The molecule has 0 saturated heterocycles. The molecule has 3 nitrogen and oxygen atoms in total. The fraction of sp³-hybridized carbons (Fsp3) is 0.158. The summed E-state index contributed by atoms with van der Waals surface area (Å²) in [5.74, 6) is 0. The van der Waals surface area contributed by atoms with Gasteiger partial charge >= 0.3 is 0 Å². The van der Waals surface area contributed by atoms with Crippen molar-refractivity contribution in [3.63, 3.8) is 0 Å². The van der Waals surface area contributed by atoms with Gasteiger partial charge in [0.2, 0.25) is 0 Å². The first-order chi connectivity index (χ1) is 11.6. The number of aromatic nitrogens is 2. The van der Waals surface area contributed by atoms with Gasteiger partial charge < -0.3 is 4.98 Å². The molecule has 0 amide bonds. The predicted molar refractivity (Wildman–Crippen MR) is 108 cm³/mol. The molecule has 1 unspecified atom stereocenters. The highest BCUT2D eigenvalue weighted by atomic mass is 127. The van der Waals surface area contributed by atoms with E-state index in [-0.39, 0.29) is 10.8 Å². The van der Waals surface area contributed by atoms with Crippen molar-refractivity contribution in [1.29, 1.82) is 0 Å². The summed E-state index contributed by atoms with van der Waals surface area (Å²) in [5, 5.41) is 0.890. The molecule has 0 spiro atoms. The van der Waals surface area contributed by atoms with Crippen molar-refractivity contribution >= 4 is 34.4 Å². The van der Waals surface area contributed by atoms with Gasteiger partial charge in [-0.1, -0.05) is 72.4 Å². The maximum atomic E-state index is 12.3. The summed E-state index contributed by atoms with van der Waals surface area (Å²) in [6.07, 6.45) is 0.663. The summed E-state index contributed by atoms with van der Waals surface area (Å²) < 4.78 is 0.660. The first kappa shape index (κ1) is 17.2. The van der Waals surface area contributed by atoms with Gasteiger partial charge in [0, 0.05) is 11.7 Å². The Bertz CT molecular complexity index is 866. The fourth-order valence-electron chi connectivity index (χ4n) is 2.40.